The van der Waals surface area contributed by atoms with Crippen molar-refractivity contribution in [3.8, 4) is 0 Å². The van der Waals surface area contributed by atoms with Crippen LogP contribution in [0.3, 0.4) is 0 Å². The number of primary amides is 1. The van der Waals surface area contributed by atoms with Gasteiger partial charge in [-0.1, -0.05) is 5.21 Å². The van der Waals surface area contributed by atoms with Crippen LogP contribution in [0.5, 0.6) is 0 Å². The van der Waals surface area contributed by atoms with Crippen LogP contribution in [0.1, 0.15) is 32.5 Å². The number of nitrogens with zero attached hydrogens (tertiary/aromatic N) is 3. The molecule has 8 nitrogen and oxygen atoms in total. The minimum atomic E-state index is -0.640. The summed E-state index contributed by atoms with van der Waals surface area (Å²) in [5.41, 5.74) is 5.79. The van der Waals surface area contributed by atoms with Gasteiger partial charge in [0.1, 0.15) is 12.3 Å². The van der Waals surface area contributed by atoms with E-state index in [1.54, 1.807) is 13.0 Å². The Kier molecular flexibility index (Phi) is 3.32. The summed E-state index contributed by atoms with van der Waals surface area (Å²) in [6.07, 6.45) is 0. The molecule has 0 radical (unpaired) electrons. The number of esters is 1. The Labute approximate surface area is 108 Å². The number of hydrogen-bond acceptors (Lipinski definition) is 6. The largest absolute Gasteiger partial charge is 0.463 e. The molecular formula is C11H12N4O4. The van der Waals surface area contributed by atoms with Gasteiger partial charge in [0.2, 0.25) is 5.76 Å². The molecule has 0 atom stereocenters. The number of furan rings is 1. The Balaban J connectivity index is 2.20. The van der Waals surface area contributed by atoms with Gasteiger partial charge < -0.3 is 14.9 Å². The van der Waals surface area contributed by atoms with Crippen molar-refractivity contribution >= 4 is 11.9 Å². The van der Waals surface area contributed by atoms with Crippen LogP contribution in [0.25, 0.3) is 0 Å². The van der Waals surface area contributed by atoms with Gasteiger partial charge in [0, 0.05) is 0 Å². The minimum Gasteiger partial charge on any atom is -0.463 e. The van der Waals surface area contributed by atoms with Gasteiger partial charge in [-0.3, -0.25) is 4.79 Å². The molecule has 0 aromatic carbocycles. The Morgan fingerprint density at radius 3 is 2.79 bits per heavy atom. The average molecular weight is 264 g/mol. The highest BCUT2D eigenvalue weighted by Gasteiger charge is 2.16. The molecule has 100 valence electrons. The van der Waals surface area contributed by atoms with Crippen LogP contribution in [0, 0.1) is 6.92 Å². The molecule has 0 aliphatic carbocycles. The monoisotopic (exact) mass is 264 g/mol. The zero-order chi connectivity index (χ0) is 14.0. The summed E-state index contributed by atoms with van der Waals surface area (Å²) in [5.74, 6) is -0.604. The van der Waals surface area contributed by atoms with Crippen molar-refractivity contribution in [2.75, 3.05) is 7.11 Å². The van der Waals surface area contributed by atoms with Crippen molar-refractivity contribution in [3.63, 3.8) is 0 Å². The van der Waals surface area contributed by atoms with Gasteiger partial charge in [0.15, 0.2) is 5.69 Å². The lowest BCUT2D eigenvalue weighted by Crippen LogP contribution is -2.13. The second kappa shape index (κ2) is 4.92. The second-order valence-corrected chi connectivity index (χ2v) is 3.80. The molecule has 2 aromatic rings. The third-order valence-corrected chi connectivity index (χ3v) is 2.57. The highest BCUT2D eigenvalue weighted by atomic mass is 16.5. The predicted octanol–water partition coefficient (Wildman–Crippen LogP) is 0.113. The zero-order valence-electron chi connectivity index (χ0n) is 10.4. The summed E-state index contributed by atoms with van der Waals surface area (Å²) in [6, 6.07) is 3.12. The van der Waals surface area contributed by atoms with Crippen molar-refractivity contribution in [2.45, 2.75) is 13.5 Å². The Bertz CT molecular complexity index is 628. The summed E-state index contributed by atoms with van der Waals surface area (Å²) in [6.45, 7) is 1.91. The molecule has 2 aromatic heterocycles. The van der Waals surface area contributed by atoms with E-state index in [0.29, 0.717) is 11.5 Å². The summed E-state index contributed by atoms with van der Waals surface area (Å²) in [5, 5.41) is 7.47. The third-order valence-electron chi connectivity index (χ3n) is 2.57. The normalized spacial score (nSPS) is 10.4. The van der Waals surface area contributed by atoms with Crippen LogP contribution in [-0.2, 0) is 11.3 Å². The molecule has 0 aliphatic heterocycles. The zero-order valence-corrected chi connectivity index (χ0v) is 10.4. The fourth-order valence-corrected chi connectivity index (χ4v) is 1.56. The summed E-state index contributed by atoms with van der Waals surface area (Å²) in [4.78, 5) is 22.3. The fraction of sp³-hybridized carbons (Fsp3) is 0.273. The van der Waals surface area contributed by atoms with E-state index in [1.165, 1.54) is 17.9 Å². The van der Waals surface area contributed by atoms with Crippen molar-refractivity contribution in [3.05, 3.63) is 35.0 Å². The van der Waals surface area contributed by atoms with Crippen LogP contribution >= 0.6 is 0 Å². The lowest BCUT2D eigenvalue weighted by molar-refractivity contribution is 0.0562. The van der Waals surface area contributed by atoms with E-state index in [1.807, 2.05) is 0 Å². The molecule has 0 spiro atoms. The number of aromatic nitrogens is 3. The standard InChI is InChI=1S/C11H12N4O4/c1-6-9(10(12)16)13-14-15(6)5-7-3-4-8(19-7)11(17)18-2/h3-4H,5H2,1-2H3,(H2,12,16). The maximum absolute atomic E-state index is 11.2. The Morgan fingerprint density at radius 1 is 1.47 bits per heavy atom. The number of methoxy groups -OCH3 is 1. The Hall–Kier alpha value is -2.64. The van der Waals surface area contributed by atoms with E-state index in [9.17, 15) is 9.59 Å². The van der Waals surface area contributed by atoms with Gasteiger partial charge >= 0.3 is 5.97 Å². The molecule has 8 heteroatoms. The summed E-state index contributed by atoms with van der Waals surface area (Å²) < 4.78 is 11.3. The van der Waals surface area contributed by atoms with Crippen LogP contribution < -0.4 is 5.73 Å². The quantitative estimate of drug-likeness (QED) is 0.784. The highest BCUT2D eigenvalue weighted by molar-refractivity contribution is 5.91. The van der Waals surface area contributed by atoms with Crippen molar-refractivity contribution in [2.24, 2.45) is 5.73 Å². The first kappa shape index (κ1) is 12.8. The number of nitrogens with two attached hydrogens (primary N) is 1. The van der Waals surface area contributed by atoms with Crippen LogP contribution in [0.15, 0.2) is 16.5 Å². The molecule has 19 heavy (non-hydrogen) atoms. The number of carbonyl (C=O) groups excluding carboxylic acids is 2. The van der Waals surface area contributed by atoms with E-state index in [2.05, 4.69) is 15.0 Å². The molecule has 0 bridgehead atoms. The first-order valence-electron chi connectivity index (χ1n) is 5.40. The summed E-state index contributed by atoms with van der Waals surface area (Å²) >= 11 is 0. The van der Waals surface area contributed by atoms with Crippen molar-refractivity contribution in [1.82, 2.24) is 15.0 Å². The predicted molar refractivity (Wildman–Crippen MR) is 62.4 cm³/mol. The lowest BCUT2D eigenvalue weighted by atomic mass is 10.3. The first-order chi connectivity index (χ1) is 9.02. The molecule has 0 aliphatic rings. The average Bonchev–Trinajstić information content (AvgIpc) is 2.97. The van der Waals surface area contributed by atoms with Crippen molar-refractivity contribution < 1.29 is 18.7 Å². The van der Waals surface area contributed by atoms with Gasteiger partial charge in [0.05, 0.1) is 12.8 Å². The van der Waals surface area contributed by atoms with Gasteiger partial charge in [-0.05, 0) is 19.1 Å². The molecule has 1 amide bonds. The molecule has 0 fully saturated rings. The highest BCUT2D eigenvalue weighted by Crippen LogP contribution is 2.12. The number of amides is 1. The number of hydrogen-bond donors (Lipinski definition) is 1. The number of carbonyl (C=O) groups is 2. The third kappa shape index (κ3) is 2.46. The molecule has 2 N–H and O–H groups in total. The fourth-order valence-electron chi connectivity index (χ4n) is 1.56. The first-order valence-corrected chi connectivity index (χ1v) is 5.40. The van der Waals surface area contributed by atoms with Gasteiger partial charge in [0.25, 0.3) is 5.91 Å². The maximum atomic E-state index is 11.2. The van der Waals surface area contributed by atoms with E-state index >= 15 is 0 Å². The van der Waals surface area contributed by atoms with E-state index in [0.717, 1.165) is 0 Å². The maximum Gasteiger partial charge on any atom is 0.373 e. The molecular weight excluding hydrogens is 252 g/mol. The molecule has 0 saturated heterocycles. The summed E-state index contributed by atoms with van der Waals surface area (Å²) in [7, 11) is 1.27. The van der Waals surface area contributed by atoms with Crippen LogP contribution in [-0.4, -0.2) is 34.0 Å². The smallest absolute Gasteiger partial charge is 0.373 e. The SMILES string of the molecule is COC(=O)c1ccc(Cn2nnc(C(N)=O)c2C)o1. The Morgan fingerprint density at radius 2 is 2.21 bits per heavy atom. The van der Waals surface area contributed by atoms with Crippen molar-refractivity contribution in [1.29, 1.82) is 0 Å². The molecule has 0 unspecified atom stereocenters. The number of rotatable bonds is 4. The van der Waals surface area contributed by atoms with Gasteiger partial charge in [-0.25, -0.2) is 9.48 Å². The minimum absolute atomic E-state index is 0.102. The van der Waals surface area contributed by atoms with E-state index < -0.39 is 11.9 Å². The van der Waals surface area contributed by atoms with Crippen LogP contribution in [0.4, 0.5) is 0 Å². The number of ether oxygens (including phenoxy) is 1. The lowest BCUT2D eigenvalue weighted by Gasteiger charge is -2.00. The second-order valence-electron chi connectivity index (χ2n) is 3.80. The van der Waals surface area contributed by atoms with Gasteiger partial charge in [-0.2, -0.15) is 0 Å². The topological polar surface area (TPSA) is 113 Å². The molecule has 2 rings (SSSR count). The van der Waals surface area contributed by atoms with Crippen LogP contribution in [0.2, 0.25) is 0 Å². The molecule has 0 saturated carbocycles. The van der Waals surface area contributed by atoms with E-state index in [-0.39, 0.29) is 18.0 Å². The van der Waals surface area contributed by atoms with Gasteiger partial charge in [-0.15, -0.1) is 5.10 Å². The molecule has 2 heterocycles. The van der Waals surface area contributed by atoms with E-state index in [4.69, 9.17) is 10.2 Å².